The number of aromatic nitrogens is 1. The van der Waals surface area contributed by atoms with Gasteiger partial charge in [-0.15, -0.1) is 0 Å². The Morgan fingerprint density at radius 3 is 1.62 bits per heavy atom. The predicted octanol–water partition coefficient (Wildman–Crippen LogP) is 16.1. The Morgan fingerprint density at radius 1 is 0.393 bits per heavy atom. The maximum Gasteiger partial charge on any atom is 0.0619 e. The van der Waals surface area contributed by atoms with E-state index in [1.807, 2.05) is 0 Å². The molecule has 10 aromatic rings. The molecule has 0 bridgehead atoms. The van der Waals surface area contributed by atoms with Crippen molar-refractivity contribution < 1.29 is 0 Å². The summed E-state index contributed by atoms with van der Waals surface area (Å²) in [6, 6.07) is 79.2. The third-order valence-electron chi connectivity index (χ3n) is 12.0. The van der Waals surface area contributed by atoms with Crippen molar-refractivity contribution in [3.8, 4) is 27.9 Å². The van der Waals surface area contributed by atoms with Gasteiger partial charge in [-0.05, 0) is 131 Å². The minimum Gasteiger partial charge on any atom is -0.314 e. The van der Waals surface area contributed by atoms with Crippen LogP contribution in [0.3, 0.4) is 0 Å². The molecule has 0 spiro atoms. The molecule has 61 heavy (non-hydrogen) atoms. The van der Waals surface area contributed by atoms with Gasteiger partial charge in [0.25, 0.3) is 0 Å². The molecule has 0 aliphatic heterocycles. The fourth-order valence-corrected chi connectivity index (χ4v) is 9.09. The van der Waals surface area contributed by atoms with Gasteiger partial charge < -0.3 is 14.4 Å². The molecule has 0 saturated carbocycles. The monoisotopic (exact) mass is 781 g/mol. The zero-order valence-corrected chi connectivity index (χ0v) is 33.8. The Bertz CT molecular complexity index is 3180. The van der Waals surface area contributed by atoms with Crippen molar-refractivity contribution in [2.75, 3.05) is 9.80 Å². The molecule has 1 aliphatic carbocycles. The van der Waals surface area contributed by atoms with Crippen LogP contribution in [0, 0.1) is 0 Å². The summed E-state index contributed by atoms with van der Waals surface area (Å²) in [5, 5.41) is 4.91. The van der Waals surface area contributed by atoms with Gasteiger partial charge in [0.1, 0.15) is 0 Å². The van der Waals surface area contributed by atoms with Crippen molar-refractivity contribution in [3.63, 3.8) is 0 Å². The van der Waals surface area contributed by atoms with E-state index < -0.39 is 0 Å². The maximum atomic E-state index is 2.47. The minimum atomic E-state index is 1.00. The summed E-state index contributed by atoms with van der Waals surface area (Å²) in [5.74, 6) is 0. The molecular weight excluding hydrogens is 739 g/mol. The van der Waals surface area contributed by atoms with Crippen molar-refractivity contribution in [2.24, 2.45) is 0 Å². The van der Waals surface area contributed by atoms with Crippen molar-refractivity contribution in [1.82, 2.24) is 4.57 Å². The molecule has 11 rings (SSSR count). The number of fused-ring (bicyclic) bond motifs is 4. The first-order chi connectivity index (χ1) is 30.3. The largest absolute Gasteiger partial charge is 0.314 e. The van der Waals surface area contributed by atoms with Crippen LogP contribution in [0.25, 0.3) is 60.5 Å². The third-order valence-corrected chi connectivity index (χ3v) is 12.0. The molecule has 0 saturated heterocycles. The summed E-state index contributed by atoms with van der Waals surface area (Å²) in [5.41, 5.74) is 15.3. The predicted molar refractivity (Wildman–Crippen MR) is 259 cm³/mol. The SMILES string of the molecule is C1=CCCC(N(c2ccccc2)c2ccc(-c3cccc4c5cc(-c6ccc(N(c7ccccc7)c7ccccc7)cc6)ccc5n(-c5ccc6ccccc6c5)c34)cc2)=C1. The van der Waals surface area contributed by atoms with E-state index in [1.54, 1.807) is 0 Å². The van der Waals surface area contributed by atoms with E-state index in [4.69, 9.17) is 0 Å². The van der Waals surface area contributed by atoms with Gasteiger partial charge >= 0.3 is 0 Å². The van der Waals surface area contributed by atoms with E-state index >= 15 is 0 Å². The topological polar surface area (TPSA) is 11.4 Å². The number of allylic oxidation sites excluding steroid dienone is 4. The summed E-state index contributed by atoms with van der Waals surface area (Å²) in [7, 11) is 0. The number of nitrogens with zero attached hydrogens (tertiary/aromatic N) is 3. The first kappa shape index (κ1) is 36.2. The second-order valence-electron chi connectivity index (χ2n) is 15.7. The van der Waals surface area contributed by atoms with E-state index in [2.05, 4.69) is 251 Å². The lowest BCUT2D eigenvalue weighted by Gasteiger charge is -2.29. The average Bonchev–Trinajstić information content (AvgIpc) is 3.67. The first-order valence-electron chi connectivity index (χ1n) is 21.2. The average molecular weight is 782 g/mol. The molecule has 0 amide bonds. The third kappa shape index (κ3) is 6.76. The lowest BCUT2D eigenvalue weighted by Crippen LogP contribution is -2.17. The smallest absolute Gasteiger partial charge is 0.0619 e. The van der Waals surface area contributed by atoms with Gasteiger partial charge in [-0.3, -0.25) is 0 Å². The number of hydrogen-bond donors (Lipinski definition) is 0. The summed E-state index contributed by atoms with van der Waals surface area (Å²) in [4.78, 5) is 4.71. The molecule has 1 aromatic heterocycles. The van der Waals surface area contributed by atoms with Gasteiger partial charge in [0.05, 0.1) is 11.0 Å². The van der Waals surface area contributed by atoms with Crippen molar-refractivity contribution >= 4 is 61.0 Å². The zero-order valence-electron chi connectivity index (χ0n) is 33.8. The lowest BCUT2D eigenvalue weighted by molar-refractivity contribution is 0.918. The van der Waals surface area contributed by atoms with E-state index in [-0.39, 0.29) is 0 Å². The Kier molecular flexibility index (Phi) is 9.33. The Morgan fingerprint density at radius 2 is 0.967 bits per heavy atom. The molecule has 0 radical (unpaired) electrons. The number of para-hydroxylation sites is 4. The van der Waals surface area contributed by atoms with E-state index in [1.165, 1.54) is 66.2 Å². The number of benzene rings is 9. The van der Waals surface area contributed by atoms with E-state index in [0.29, 0.717) is 0 Å². The van der Waals surface area contributed by atoms with Crippen LogP contribution < -0.4 is 9.80 Å². The number of rotatable bonds is 9. The van der Waals surface area contributed by atoms with Crippen LogP contribution in [-0.4, -0.2) is 4.57 Å². The fourth-order valence-electron chi connectivity index (χ4n) is 9.09. The Balaban J connectivity index is 1.04. The molecule has 290 valence electrons. The fraction of sp³-hybridized carbons (Fsp3) is 0.0345. The van der Waals surface area contributed by atoms with Crippen LogP contribution in [0.1, 0.15) is 12.8 Å². The van der Waals surface area contributed by atoms with Gasteiger partial charge in [0, 0.05) is 56.2 Å². The molecule has 3 heteroatoms. The van der Waals surface area contributed by atoms with Gasteiger partial charge in [-0.2, -0.15) is 0 Å². The van der Waals surface area contributed by atoms with Crippen LogP contribution in [-0.2, 0) is 0 Å². The van der Waals surface area contributed by atoms with Gasteiger partial charge in [0.15, 0.2) is 0 Å². The van der Waals surface area contributed by atoms with Crippen molar-refractivity contribution in [2.45, 2.75) is 12.8 Å². The quantitative estimate of drug-likeness (QED) is 0.144. The highest BCUT2D eigenvalue weighted by Gasteiger charge is 2.20. The zero-order chi connectivity index (χ0) is 40.5. The highest BCUT2D eigenvalue weighted by atomic mass is 15.2. The van der Waals surface area contributed by atoms with Crippen LogP contribution in [0.2, 0.25) is 0 Å². The van der Waals surface area contributed by atoms with E-state index in [0.717, 1.165) is 41.3 Å². The van der Waals surface area contributed by atoms with Crippen molar-refractivity contribution in [3.05, 3.63) is 242 Å². The molecule has 9 aromatic carbocycles. The lowest BCUT2D eigenvalue weighted by atomic mass is 9.99. The molecule has 0 N–H and O–H groups in total. The summed E-state index contributed by atoms with van der Waals surface area (Å²) >= 11 is 0. The highest BCUT2D eigenvalue weighted by Crippen LogP contribution is 2.42. The van der Waals surface area contributed by atoms with Crippen LogP contribution in [0.15, 0.2) is 242 Å². The molecular formula is C58H43N3. The molecule has 0 fully saturated rings. The van der Waals surface area contributed by atoms with Gasteiger partial charge in [0.2, 0.25) is 0 Å². The maximum absolute atomic E-state index is 2.47. The Labute approximate surface area is 357 Å². The standard InChI is InChI=1S/C58H43N3/c1-5-18-47(19-6-1)59(48-20-7-2-8-21-48)51-34-28-43(29-35-51)46-33-39-57-56(41-46)55-27-15-26-54(58(55)61(57)53-38-30-42-16-13-14-17-45(42)40-53)44-31-36-52(37-32-44)60(49-22-9-3-10-23-49)50-24-11-4-12-25-50/h1-11,13-24,26-41H,12,25H2. The van der Waals surface area contributed by atoms with Gasteiger partial charge in [-0.25, -0.2) is 0 Å². The number of anilines is 5. The van der Waals surface area contributed by atoms with Crippen LogP contribution in [0.4, 0.5) is 28.4 Å². The summed E-state index contributed by atoms with van der Waals surface area (Å²) in [6.07, 6.45) is 8.73. The van der Waals surface area contributed by atoms with Crippen molar-refractivity contribution in [1.29, 1.82) is 0 Å². The van der Waals surface area contributed by atoms with Crippen LogP contribution in [0.5, 0.6) is 0 Å². The summed E-state index contributed by atoms with van der Waals surface area (Å²) in [6.45, 7) is 0. The molecule has 0 unspecified atom stereocenters. The second-order valence-corrected chi connectivity index (χ2v) is 15.7. The Hall–Kier alpha value is -7.88. The number of hydrogen-bond acceptors (Lipinski definition) is 2. The van der Waals surface area contributed by atoms with Crippen LogP contribution >= 0.6 is 0 Å². The summed E-state index contributed by atoms with van der Waals surface area (Å²) < 4.78 is 2.47. The minimum absolute atomic E-state index is 1.00. The molecule has 1 heterocycles. The normalized spacial score (nSPS) is 12.5. The van der Waals surface area contributed by atoms with E-state index in [9.17, 15) is 0 Å². The first-order valence-corrected chi connectivity index (χ1v) is 21.2. The van der Waals surface area contributed by atoms with Gasteiger partial charge in [-0.1, -0.05) is 146 Å². The molecule has 3 nitrogen and oxygen atoms in total. The highest BCUT2D eigenvalue weighted by molar-refractivity contribution is 6.15. The molecule has 1 aliphatic rings. The molecule has 0 atom stereocenters. The second kappa shape index (κ2) is 15.7.